The van der Waals surface area contributed by atoms with E-state index < -0.39 is 6.03 Å². The maximum absolute atomic E-state index is 12.3. The first-order chi connectivity index (χ1) is 15.9. The Morgan fingerprint density at radius 2 is 2.00 bits per heavy atom. The fraction of sp³-hybridized carbons (Fsp3) is 0.348. The second-order valence-electron chi connectivity index (χ2n) is 7.95. The zero-order chi connectivity index (χ0) is 23.4. The number of urea groups is 1. The minimum absolute atomic E-state index is 0.214. The number of nitrogens with one attached hydrogen (secondary N) is 2. The summed E-state index contributed by atoms with van der Waals surface area (Å²) in [6.07, 6.45) is 6.51. The molecule has 10 nitrogen and oxygen atoms in total. The molecule has 3 amide bonds. The summed E-state index contributed by atoms with van der Waals surface area (Å²) in [5.41, 5.74) is 3.01. The summed E-state index contributed by atoms with van der Waals surface area (Å²) in [4.78, 5) is 33.3. The lowest BCUT2D eigenvalue weighted by Gasteiger charge is -2.20. The van der Waals surface area contributed by atoms with Crippen molar-refractivity contribution in [1.29, 1.82) is 0 Å². The summed E-state index contributed by atoms with van der Waals surface area (Å²) in [5, 5.41) is 9.19. The molecule has 1 fully saturated rings. The topological polar surface area (TPSA) is 120 Å². The first-order valence-electron chi connectivity index (χ1n) is 10.7. The Bertz CT molecular complexity index is 1150. The second-order valence-corrected chi connectivity index (χ2v) is 7.95. The minimum Gasteiger partial charge on any atom is -0.455 e. The van der Waals surface area contributed by atoms with Crippen molar-refractivity contribution >= 4 is 17.8 Å². The monoisotopic (exact) mass is 450 g/mol. The van der Waals surface area contributed by atoms with Crippen LogP contribution in [0.25, 0.3) is 11.3 Å². The van der Waals surface area contributed by atoms with E-state index in [1.54, 1.807) is 36.1 Å². The van der Waals surface area contributed by atoms with Crippen molar-refractivity contribution in [2.75, 3.05) is 18.5 Å². The van der Waals surface area contributed by atoms with E-state index in [1.807, 2.05) is 26.2 Å². The van der Waals surface area contributed by atoms with Crippen LogP contribution in [0.1, 0.15) is 24.1 Å². The molecule has 0 unspecified atom stereocenters. The van der Waals surface area contributed by atoms with Gasteiger partial charge in [-0.25, -0.2) is 9.78 Å². The summed E-state index contributed by atoms with van der Waals surface area (Å²) in [6.45, 7) is 4.72. The summed E-state index contributed by atoms with van der Waals surface area (Å²) in [6, 6.07) is 4.68. The van der Waals surface area contributed by atoms with Crippen molar-refractivity contribution in [3.05, 3.63) is 48.0 Å². The van der Waals surface area contributed by atoms with Gasteiger partial charge in [-0.1, -0.05) is 0 Å². The van der Waals surface area contributed by atoms with Crippen LogP contribution in [-0.4, -0.2) is 44.9 Å². The number of amides is 3. The molecule has 0 aliphatic carbocycles. The molecule has 2 N–H and O–H groups in total. The van der Waals surface area contributed by atoms with E-state index in [0.717, 1.165) is 16.8 Å². The number of pyridine rings is 2. The molecule has 1 saturated heterocycles. The number of aromatic nitrogens is 4. The quantitative estimate of drug-likeness (QED) is 0.611. The molecule has 10 heteroatoms. The number of hydrogen-bond acceptors (Lipinski definition) is 7. The van der Waals surface area contributed by atoms with Crippen molar-refractivity contribution in [2.24, 2.45) is 13.0 Å². The Labute approximate surface area is 191 Å². The largest absolute Gasteiger partial charge is 0.455 e. The minimum atomic E-state index is -0.610. The fourth-order valence-corrected chi connectivity index (χ4v) is 3.66. The van der Waals surface area contributed by atoms with Gasteiger partial charge in [0.2, 0.25) is 5.91 Å². The lowest BCUT2D eigenvalue weighted by atomic mass is 10.00. The summed E-state index contributed by atoms with van der Waals surface area (Å²) < 4.78 is 13.0. The Kier molecular flexibility index (Phi) is 6.64. The van der Waals surface area contributed by atoms with Crippen LogP contribution in [0.15, 0.2) is 36.8 Å². The van der Waals surface area contributed by atoms with Gasteiger partial charge in [-0.2, -0.15) is 5.10 Å². The van der Waals surface area contributed by atoms with E-state index in [1.165, 1.54) is 0 Å². The third-order valence-corrected chi connectivity index (χ3v) is 5.35. The number of aryl methyl sites for hydroxylation is 3. The van der Waals surface area contributed by atoms with E-state index in [-0.39, 0.29) is 11.8 Å². The van der Waals surface area contributed by atoms with Crippen molar-refractivity contribution in [3.63, 3.8) is 0 Å². The summed E-state index contributed by atoms with van der Waals surface area (Å²) >= 11 is 0. The highest BCUT2D eigenvalue weighted by molar-refractivity contribution is 6.01. The molecule has 33 heavy (non-hydrogen) atoms. The summed E-state index contributed by atoms with van der Waals surface area (Å²) in [7, 11) is 1.85. The molecule has 0 saturated carbocycles. The summed E-state index contributed by atoms with van der Waals surface area (Å²) in [5.74, 6) is 1.01. The highest BCUT2D eigenvalue weighted by Gasteiger charge is 2.23. The lowest BCUT2D eigenvalue weighted by Crippen LogP contribution is -2.40. The number of anilines is 1. The smallest absolute Gasteiger partial charge is 0.327 e. The number of ether oxygens (including phenoxy) is 2. The van der Waals surface area contributed by atoms with E-state index >= 15 is 0 Å². The number of rotatable bonds is 5. The van der Waals surface area contributed by atoms with E-state index in [4.69, 9.17) is 9.47 Å². The van der Waals surface area contributed by atoms with Crippen LogP contribution >= 0.6 is 0 Å². The van der Waals surface area contributed by atoms with E-state index in [0.29, 0.717) is 49.1 Å². The molecule has 3 aromatic heterocycles. The molecule has 0 aromatic carbocycles. The average molecular weight is 450 g/mol. The SMILES string of the molecule is Cc1cc(NC(=O)NC(=O)C2CCOCC2)nc(C)c1Oc1ccnc(-c2cnn(C)c2)c1. The fourth-order valence-electron chi connectivity index (χ4n) is 3.66. The van der Waals surface area contributed by atoms with Crippen LogP contribution < -0.4 is 15.4 Å². The van der Waals surface area contributed by atoms with Crippen molar-refractivity contribution in [2.45, 2.75) is 26.7 Å². The molecule has 172 valence electrons. The van der Waals surface area contributed by atoms with Gasteiger partial charge in [0.1, 0.15) is 11.6 Å². The van der Waals surface area contributed by atoms with Gasteiger partial charge in [-0.05, 0) is 44.4 Å². The molecule has 0 bridgehead atoms. The van der Waals surface area contributed by atoms with Gasteiger partial charge in [0, 0.05) is 50.2 Å². The highest BCUT2D eigenvalue weighted by atomic mass is 16.5. The molecule has 4 heterocycles. The first kappa shape index (κ1) is 22.4. The van der Waals surface area contributed by atoms with Gasteiger partial charge in [-0.3, -0.25) is 25.1 Å². The predicted octanol–water partition coefficient (Wildman–Crippen LogP) is 3.36. The molecular formula is C23H26N6O4. The normalized spacial score (nSPS) is 14.0. The zero-order valence-electron chi connectivity index (χ0n) is 18.8. The van der Waals surface area contributed by atoms with Crippen LogP contribution in [0, 0.1) is 19.8 Å². The van der Waals surface area contributed by atoms with Gasteiger partial charge in [-0.15, -0.1) is 0 Å². The van der Waals surface area contributed by atoms with E-state index in [9.17, 15) is 9.59 Å². The van der Waals surface area contributed by atoms with Crippen LogP contribution in [0.3, 0.4) is 0 Å². The van der Waals surface area contributed by atoms with E-state index in [2.05, 4.69) is 25.7 Å². The van der Waals surface area contributed by atoms with Gasteiger partial charge >= 0.3 is 6.03 Å². The maximum Gasteiger partial charge on any atom is 0.327 e. The number of carbonyl (C=O) groups excluding carboxylic acids is 2. The average Bonchev–Trinajstić information content (AvgIpc) is 3.23. The Balaban J connectivity index is 1.43. The number of carbonyl (C=O) groups is 2. The van der Waals surface area contributed by atoms with Crippen LogP contribution in [-0.2, 0) is 16.6 Å². The molecule has 1 aliphatic rings. The number of nitrogens with zero attached hydrogens (tertiary/aromatic N) is 4. The Hall–Kier alpha value is -3.79. The van der Waals surface area contributed by atoms with Crippen LogP contribution in [0.4, 0.5) is 10.6 Å². The lowest BCUT2D eigenvalue weighted by molar-refractivity contribution is -0.126. The van der Waals surface area contributed by atoms with Crippen molar-refractivity contribution < 1.29 is 19.1 Å². The number of imide groups is 1. The van der Waals surface area contributed by atoms with Gasteiger partial charge in [0.05, 0.1) is 17.6 Å². The van der Waals surface area contributed by atoms with Crippen molar-refractivity contribution in [1.82, 2.24) is 25.1 Å². The van der Waals surface area contributed by atoms with Gasteiger partial charge in [0.15, 0.2) is 5.75 Å². The molecule has 4 rings (SSSR count). The van der Waals surface area contributed by atoms with Crippen LogP contribution in [0.5, 0.6) is 11.5 Å². The number of hydrogen-bond donors (Lipinski definition) is 2. The molecule has 0 spiro atoms. The Morgan fingerprint density at radius 1 is 1.21 bits per heavy atom. The molecule has 3 aromatic rings. The molecule has 0 atom stereocenters. The zero-order valence-corrected chi connectivity index (χ0v) is 18.8. The van der Waals surface area contributed by atoms with Crippen LogP contribution in [0.2, 0.25) is 0 Å². The third kappa shape index (κ3) is 5.53. The molecular weight excluding hydrogens is 424 g/mol. The highest BCUT2D eigenvalue weighted by Crippen LogP contribution is 2.31. The molecule has 0 radical (unpaired) electrons. The first-order valence-corrected chi connectivity index (χ1v) is 10.7. The van der Waals surface area contributed by atoms with Gasteiger partial charge < -0.3 is 9.47 Å². The maximum atomic E-state index is 12.3. The predicted molar refractivity (Wildman–Crippen MR) is 121 cm³/mol. The Morgan fingerprint density at radius 3 is 2.70 bits per heavy atom. The second kappa shape index (κ2) is 9.78. The van der Waals surface area contributed by atoms with Crippen molar-refractivity contribution in [3.8, 4) is 22.8 Å². The standard InChI is InChI=1S/C23H26N6O4/c1-14-10-20(27-23(31)28-22(30)16-5-8-32-9-6-16)26-15(2)21(14)33-18-4-7-24-19(11-18)17-12-25-29(3)13-17/h4,7,10-13,16H,5-6,8-9H2,1-3H3,(H2,26,27,28,30,31). The third-order valence-electron chi connectivity index (χ3n) is 5.35. The molecule has 1 aliphatic heterocycles. The van der Waals surface area contributed by atoms with Gasteiger partial charge in [0.25, 0.3) is 0 Å².